The molecule has 3 N–H and O–H groups in total. The summed E-state index contributed by atoms with van der Waals surface area (Å²) in [5.41, 5.74) is 0. The van der Waals surface area contributed by atoms with Gasteiger partial charge in [0, 0.05) is 13.1 Å². The van der Waals surface area contributed by atoms with Crippen LogP contribution in [0.3, 0.4) is 0 Å². The van der Waals surface area contributed by atoms with Gasteiger partial charge in [-0.1, -0.05) is 0 Å². The van der Waals surface area contributed by atoms with E-state index in [2.05, 4.69) is 10.5 Å². The first-order chi connectivity index (χ1) is 3.50. The van der Waals surface area contributed by atoms with Gasteiger partial charge in [-0.05, 0) is 0 Å². The van der Waals surface area contributed by atoms with Gasteiger partial charge in [-0.3, -0.25) is 0 Å². The van der Waals surface area contributed by atoms with E-state index in [1.54, 1.807) is 0 Å². The maximum Gasteiger partial charge on any atom is 0.206 e. The van der Waals surface area contributed by atoms with Gasteiger partial charge < -0.3 is 5.32 Å². The third kappa shape index (κ3) is 184. The minimum absolute atomic E-state index is 0.938. The summed E-state index contributed by atoms with van der Waals surface area (Å²) in [6.07, 6.45) is 0.938. The Morgan fingerprint density at radius 1 is 1.50 bits per heavy atom. The molecule has 1 aliphatic heterocycles. The third-order valence-electron chi connectivity index (χ3n) is 0.250. The highest BCUT2D eigenvalue weighted by atomic mass is 32.2. The molecule has 5 heteroatoms. The molecule has 0 radical (unpaired) electrons. The number of rotatable bonds is 0. The van der Waals surface area contributed by atoms with E-state index in [4.69, 9.17) is 0 Å². The number of sulfonamides is 1. The molecule has 1 aliphatic rings. The summed E-state index contributed by atoms with van der Waals surface area (Å²) in [5.74, 6) is 0. The molecule has 0 saturated carbocycles. The van der Waals surface area contributed by atoms with Crippen molar-refractivity contribution in [2.45, 2.75) is 0 Å². The van der Waals surface area contributed by atoms with Crippen molar-refractivity contribution in [2.75, 3.05) is 19.3 Å². The molecule has 0 aromatic heterocycles. The van der Waals surface area contributed by atoms with Crippen LogP contribution in [0.2, 0.25) is 0 Å². The van der Waals surface area contributed by atoms with E-state index < -0.39 is 10.0 Å². The molecule has 0 atom stereocenters. The normalized spacial score (nSPS) is 16.2. The van der Waals surface area contributed by atoms with Crippen molar-refractivity contribution >= 4 is 10.0 Å². The predicted octanol–water partition coefficient (Wildman–Crippen LogP) is -1.51. The number of nitrogens with one attached hydrogen (secondary N) is 1. The monoisotopic (exact) mass is 138 g/mol. The maximum absolute atomic E-state index is 9.41. The Kier molecular flexibility index (Phi) is 2.96. The van der Waals surface area contributed by atoms with Gasteiger partial charge >= 0.3 is 0 Å². The Balaban J connectivity index is 0.000000135. The van der Waals surface area contributed by atoms with Gasteiger partial charge in [0.05, 0.1) is 6.26 Å². The quantitative estimate of drug-likeness (QED) is 0.399. The number of primary sulfonamides is 1. The SMILES string of the molecule is C1CN1.CS(N)(=O)=O. The van der Waals surface area contributed by atoms with E-state index >= 15 is 0 Å². The van der Waals surface area contributed by atoms with Crippen LogP contribution >= 0.6 is 0 Å². The number of nitrogens with two attached hydrogens (primary N) is 1. The fourth-order valence-corrected chi connectivity index (χ4v) is 0. The van der Waals surface area contributed by atoms with Crippen molar-refractivity contribution in [2.24, 2.45) is 5.14 Å². The average molecular weight is 138 g/mol. The standard InChI is InChI=1S/C2H5N.CH5NO2S/c1-2-3-1;1-5(2,3)4/h3H,1-2H2;1H3,(H2,2,3,4). The Morgan fingerprint density at radius 3 is 1.62 bits per heavy atom. The molecule has 0 spiro atoms. The molecule has 0 unspecified atom stereocenters. The zero-order chi connectivity index (χ0) is 6.62. The van der Waals surface area contributed by atoms with E-state index in [0.717, 1.165) is 6.26 Å². The van der Waals surface area contributed by atoms with Crippen LogP contribution in [-0.4, -0.2) is 27.8 Å². The second-order valence-electron chi connectivity index (χ2n) is 1.58. The maximum atomic E-state index is 9.41. The lowest BCUT2D eigenvalue weighted by molar-refractivity contribution is 0.603. The van der Waals surface area contributed by atoms with Crippen molar-refractivity contribution in [3.8, 4) is 0 Å². The Labute approximate surface area is 49.1 Å². The van der Waals surface area contributed by atoms with E-state index in [0.29, 0.717) is 0 Å². The van der Waals surface area contributed by atoms with Crippen LogP contribution in [0.1, 0.15) is 0 Å². The zero-order valence-electron chi connectivity index (χ0n) is 4.72. The van der Waals surface area contributed by atoms with Gasteiger partial charge in [0.15, 0.2) is 0 Å². The average Bonchev–Trinajstić information content (AvgIpc) is 1.95. The summed E-state index contributed by atoms with van der Waals surface area (Å²) in [6, 6.07) is 0. The Morgan fingerprint density at radius 2 is 1.62 bits per heavy atom. The van der Waals surface area contributed by atoms with Crippen molar-refractivity contribution in [1.29, 1.82) is 0 Å². The first-order valence-corrected chi connectivity index (χ1v) is 4.14. The van der Waals surface area contributed by atoms with Crippen LogP contribution in [0.5, 0.6) is 0 Å². The van der Waals surface area contributed by atoms with Gasteiger partial charge in [0.25, 0.3) is 0 Å². The van der Waals surface area contributed by atoms with Crippen LogP contribution in [0.4, 0.5) is 0 Å². The van der Waals surface area contributed by atoms with Crippen molar-refractivity contribution < 1.29 is 8.42 Å². The molecule has 4 nitrogen and oxygen atoms in total. The van der Waals surface area contributed by atoms with Crippen LogP contribution in [0.25, 0.3) is 0 Å². The molecule has 1 fully saturated rings. The number of hydrogen-bond donors (Lipinski definition) is 2. The lowest BCUT2D eigenvalue weighted by Gasteiger charge is -1.71. The Hall–Kier alpha value is -0.130. The first-order valence-electron chi connectivity index (χ1n) is 2.18. The van der Waals surface area contributed by atoms with Crippen LogP contribution in [0, 0.1) is 0 Å². The highest BCUT2D eigenvalue weighted by molar-refractivity contribution is 7.88. The molecule has 0 aromatic rings. The molecular weight excluding hydrogens is 128 g/mol. The van der Waals surface area contributed by atoms with E-state index in [9.17, 15) is 8.42 Å². The lowest BCUT2D eigenvalue weighted by atomic mass is 11.0. The van der Waals surface area contributed by atoms with Crippen LogP contribution in [0.15, 0.2) is 0 Å². The predicted molar refractivity (Wildman–Crippen MR) is 31.9 cm³/mol. The first kappa shape index (κ1) is 7.87. The lowest BCUT2D eigenvalue weighted by Crippen LogP contribution is -2.07. The van der Waals surface area contributed by atoms with Gasteiger partial charge in [0.1, 0.15) is 0 Å². The van der Waals surface area contributed by atoms with E-state index in [1.807, 2.05) is 0 Å². The second-order valence-corrected chi connectivity index (χ2v) is 3.24. The topological polar surface area (TPSA) is 82.1 Å². The van der Waals surface area contributed by atoms with Gasteiger partial charge in [-0.15, -0.1) is 0 Å². The largest absolute Gasteiger partial charge is 0.314 e. The number of hydrogen-bond acceptors (Lipinski definition) is 3. The fourth-order valence-electron chi connectivity index (χ4n) is 0. The summed E-state index contributed by atoms with van der Waals surface area (Å²) in [4.78, 5) is 0. The molecule has 0 amide bonds. The van der Waals surface area contributed by atoms with E-state index in [1.165, 1.54) is 13.1 Å². The molecule has 50 valence electrons. The minimum atomic E-state index is -3.17. The van der Waals surface area contributed by atoms with Gasteiger partial charge in [-0.2, -0.15) is 0 Å². The molecule has 8 heavy (non-hydrogen) atoms. The van der Waals surface area contributed by atoms with Crippen LogP contribution < -0.4 is 10.5 Å². The molecule has 1 heterocycles. The second kappa shape index (κ2) is 3.01. The zero-order valence-corrected chi connectivity index (χ0v) is 5.53. The fraction of sp³-hybridized carbons (Fsp3) is 1.00. The summed E-state index contributed by atoms with van der Waals surface area (Å²) < 4.78 is 18.8. The Bertz CT molecular complexity index is 127. The molecular formula is C3H10N2O2S. The molecule has 1 saturated heterocycles. The van der Waals surface area contributed by atoms with Crippen molar-refractivity contribution in [3.05, 3.63) is 0 Å². The van der Waals surface area contributed by atoms with Crippen molar-refractivity contribution in [3.63, 3.8) is 0 Å². The van der Waals surface area contributed by atoms with Crippen LogP contribution in [-0.2, 0) is 10.0 Å². The third-order valence-corrected chi connectivity index (χ3v) is 0.250. The van der Waals surface area contributed by atoms with Gasteiger partial charge in [0.2, 0.25) is 10.0 Å². The van der Waals surface area contributed by atoms with Gasteiger partial charge in [-0.25, -0.2) is 13.6 Å². The summed E-state index contributed by atoms with van der Waals surface area (Å²) >= 11 is 0. The van der Waals surface area contributed by atoms with Crippen molar-refractivity contribution in [1.82, 2.24) is 5.32 Å². The minimum Gasteiger partial charge on any atom is -0.314 e. The summed E-state index contributed by atoms with van der Waals surface area (Å²) in [5, 5.41) is 7.33. The highest BCUT2D eigenvalue weighted by Gasteiger charge is 1.91. The summed E-state index contributed by atoms with van der Waals surface area (Å²) in [7, 11) is -3.17. The molecule has 0 aromatic carbocycles. The highest BCUT2D eigenvalue weighted by Crippen LogP contribution is 1.65. The molecule has 1 rings (SSSR count). The summed E-state index contributed by atoms with van der Waals surface area (Å²) in [6.45, 7) is 2.50. The molecule has 0 aliphatic carbocycles. The smallest absolute Gasteiger partial charge is 0.206 e. The van der Waals surface area contributed by atoms with E-state index in [-0.39, 0.29) is 0 Å². The molecule has 0 bridgehead atoms.